The summed E-state index contributed by atoms with van der Waals surface area (Å²) in [6, 6.07) is 0. The monoisotopic (exact) mass is 267 g/mol. The van der Waals surface area contributed by atoms with Crippen molar-refractivity contribution in [2.75, 3.05) is 0 Å². The SMILES string of the molecule is CC(C)(C)c1nc(C2CCC(C(=O)O)CC2)cs1. The molecule has 0 saturated heterocycles. The molecule has 0 unspecified atom stereocenters. The van der Waals surface area contributed by atoms with E-state index < -0.39 is 5.97 Å². The summed E-state index contributed by atoms with van der Waals surface area (Å²) in [5, 5.41) is 12.3. The number of rotatable bonds is 2. The van der Waals surface area contributed by atoms with Gasteiger partial charge < -0.3 is 5.11 Å². The third-order valence-electron chi connectivity index (χ3n) is 3.66. The Balaban J connectivity index is 2.02. The Morgan fingerprint density at radius 3 is 2.39 bits per heavy atom. The molecule has 0 aromatic carbocycles. The fourth-order valence-corrected chi connectivity index (χ4v) is 3.44. The van der Waals surface area contributed by atoms with E-state index in [9.17, 15) is 4.79 Å². The number of aliphatic carboxylic acids is 1. The van der Waals surface area contributed by atoms with Gasteiger partial charge in [-0.25, -0.2) is 4.98 Å². The van der Waals surface area contributed by atoms with Gasteiger partial charge >= 0.3 is 5.97 Å². The molecule has 0 atom stereocenters. The number of carbonyl (C=O) groups is 1. The Kier molecular flexibility index (Phi) is 3.76. The maximum atomic E-state index is 10.9. The van der Waals surface area contributed by atoms with E-state index in [1.54, 1.807) is 11.3 Å². The number of carboxylic acids is 1. The topological polar surface area (TPSA) is 50.2 Å². The summed E-state index contributed by atoms with van der Waals surface area (Å²) in [4.78, 5) is 15.7. The van der Waals surface area contributed by atoms with Gasteiger partial charge in [0.1, 0.15) is 0 Å². The zero-order chi connectivity index (χ0) is 13.3. The summed E-state index contributed by atoms with van der Waals surface area (Å²) >= 11 is 1.73. The number of carboxylic acid groups (broad SMARTS) is 1. The maximum Gasteiger partial charge on any atom is 0.306 e. The van der Waals surface area contributed by atoms with Crippen LogP contribution in [-0.4, -0.2) is 16.1 Å². The first-order valence-electron chi connectivity index (χ1n) is 6.56. The van der Waals surface area contributed by atoms with E-state index in [0.717, 1.165) is 25.7 Å². The summed E-state index contributed by atoms with van der Waals surface area (Å²) in [6.07, 6.45) is 3.51. The number of thiazole rings is 1. The molecule has 3 nitrogen and oxygen atoms in total. The molecule has 0 bridgehead atoms. The van der Waals surface area contributed by atoms with E-state index >= 15 is 0 Å². The molecule has 1 N–H and O–H groups in total. The highest BCUT2D eigenvalue weighted by molar-refractivity contribution is 7.09. The van der Waals surface area contributed by atoms with Crippen molar-refractivity contribution in [1.29, 1.82) is 0 Å². The van der Waals surface area contributed by atoms with Crippen molar-refractivity contribution in [1.82, 2.24) is 4.98 Å². The van der Waals surface area contributed by atoms with Crippen molar-refractivity contribution in [2.45, 2.75) is 57.8 Å². The quantitative estimate of drug-likeness (QED) is 0.886. The van der Waals surface area contributed by atoms with Crippen LogP contribution in [0.2, 0.25) is 0 Å². The molecule has 1 heterocycles. The molecule has 100 valence electrons. The summed E-state index contributed by atoms with van der Waals surface area (Å²) in [5.41, 5.74) is 1.29. The molecular weight excluding hydrogens is 246 g/mol. The zero-order valence-electron chi connectivity index (χ0n) is 11.3. The molecule has 1 aromatic heterocycles. The molecule has 1 saturated carbocycles. The molecule has 1 aromatic rings. The molecule has 4 heteroatoms. The lowest BCUT2D eigenvalue weighted by Crippen LogP contribution is -2.20. The summed E-state index contributed by atoms with van der Waals surface area (Å²) in [7, 11) is 0. The van der Waals surface area contributed by atoms with Crippen molar-refractivity contribution in [3.63, 3.8) is 0 Å². The van der Waals surface area contributed by atoms with Crippen LogP contribution in [0.3, 0.4) is 0 Å². The second kappa shape index (κ2) is 5.00. The molecule has 0 amide bonds. The Hall–Kier alpha value is -0.900. The molecule has 2 rings (SSSR count). The van der Waals surface area contributed by atoms with Crippen LogP contribution in [0.15, 0.2) is 5.38 Å². The highest BCUT2D eigenvalue weighted by atomic mass is 32.1. The van der Waals surface area contributed by atoms with Crippen LogP contribution in [0.1, 0.15) is 63.1 Å². The number of hydrogen-bond donors (Lipinski definition) is 1. The molecule has 0 spiro atoms. The lowest BCUT2D eigenvalue weighted by Gasteiger charge is -2.24. The van der Waals surface area contributed by atoms with Crippen LogP contribution < -0.4 is 0 Å². The van der Waals surface area contributed by atoms with E-state index in [4.69, 9.17) is 10.1 Å². The van der Waals surface area contributed by atoms with Crippen molar-refractivity contribution in [3.8, 4) is 0 Å². The molecule has 18 heavy (non-hydrogen) atoms. The smallest absolute Gasteiger partial charge is 0.306 e. The highest BCUT2D eigenvalue weighted by Crippen LogP contribution is 2.37. The zero-order valence-corrected chi connectivity index (χ0v) is 12.1. The average molecular weight is 267 g/mol. The maximum absolute atomic E-state index is 10.9. The fraction of sp³-hybridized carbons (Fsp3) is 0.714. The van der Waals surface area contributed by atoms with Crippen molar-refractivity contribution in [2.24, 2.45) is 5.92 Å². The molecular formula is C14H21NO2S. The average Bonchev–Trinajstić information content (AvgIpc) is 2.78. The fourth-order valence-electron chi connectivity index (χ4n) is 2.45. The minimum absolute atomic E-state index is 0.112. The van der Waals surface area contributed by atoms with Gasteiger partial charge in [0.2, 0.25) is 0 Å². The molecule has 0 radical (unpaired) electrons. The Morgan fingerprint density at radius 2 is 1.94 bits per heavy atom. The molecule has 1 aliphatic rings. The van der Waals surface area contributed by atoms with Crippen LogP contribution in [-0.2, 0) is 10.2 Å². The van der Waals surface area contributed by atoms with E-state index in [-0.39, 0.29) is 11.3 Å². The van der Waals surface area contributed by atoms with Crippen LogP contribution in [0.5, 0.6) is 0 Å². The molecule has 1 aliphatic carbocycles. The standard InChI is InChI=1S/C14H21NO2S/c1-14(2,3)13-15-11(8-18-13)9-4-6-10(7-5-9)12(16)17/h8-10H,4-7H2,1-3H3,(H,16,17). The predicted molar refractivity (Wildman–Crippen MR) is 73.1 cm³/mol. The summed E-state index contributed by atoms with van der Waals surface area (Å²) < 4.78 is 0. The lowest BCUT2D eigenvalue weighted by atomic mass is 9.81. The number of hydrogen-bond acceptors (Lipinski definition) is 3. The first-order valence-corrected chi connectivity index (χ1v) is 7.44. The predicted octanol–water partition coefficient (Wildman–Crippen LogP) is 3.80. The normalized spacial score (nSPS) is 25.1. The van der Waals surface area contributed by atoms with Gasteiger partial charge in [0.05, 0.1) is 16.6 Å². The van der Waals surface area contributed by atoms with Gasteiger partial charge in [0, 0.05) is 16.7 Å². The Labute approximate surface area is 112 Å². The van der Waals surface area contributed by atoms with Gasteiger partial charge in [0.15, 0.2) is 0 Å². The first-order chi connectivity index (χ1) is 8.38. The highest BCUT2D eigenvalue weighted by Gasteiger charge is 2.28. The van der Waals surface area contributed by atoms with E-state index in [0.29, 0.717) is 5.92 Å². The second-order valence-corrected chi connectivity index (χ2v) is 7.07. The van der Waals surface area contributed by atoms with Crippen molar-refractivity contribution in [3.05, 3.63) is 16.1 Å². The van der Waals surface area contributed by atoms with Gasteiger partial charge in [-0.3, -0.25) is 4.79 Å². The Morgan fingerprint density at radius 1 is 1.33 bits per heavy atom. The van der Waals surface area contributed by atoms with Crippen molar-refractivity contribution >= 4 is 17.3 Å². The van der Waals surface area contributed by atoms with Gasteiger partial charge in [0.25, 0.3) is 0 Å². The van der Waals surface area contributed by atoms with Gasteiger partial charge in [-0.1, -0.05) is 20.8 Å². The van der Waals surface area contributed by atoms with E-state index in [2.05, 4.69) is 26.2 Å². The van der Waals surface area contributed by atoms with Crippen LogP contribution in [0, 0.1) is 5.92 Å². The van der Waals surface area contributed by atoms with E-state index in [1.807, 2.05) is 0 Å². The largest absolute Gasteiger partial charge is 0.481 e. The molecule has 1 fully saturated rings. The van der Waals surface area contributed by atoms with Gasteiger partial charge in [-0.2, -0.15) is 0 Å². The van der Waals surface area contributed by atoms with Crippen LogP contribution >= 0.6 is 11.3 Å². The molecule has 0 aliphatic heterocycles. The minimum Gasteiger partial charge on any atom is -0.481 e. The van der Waals surface area contributed by atoms with Gasteiger partial charge in [-0.15, -0.1) is 11.3 Å². The first kappa shape index (κ1) is 13.5. The Bertz CT molecular complexity index is 425. The number of aromatic nitrogens is 1. The third kappa shape index (κ3) is 2.91. The van der Waals surface area contributed by atoms with Crippen LogP contribution in [0.25, 0.3) is 0 Å². The van der Waals surface area contributed by atoms with Crippen LogP contribution in [0.4, 0.5) is 0 Å². The summed E-state index contributed by atoms with van der Waals surface area (Å²) in [6.45, 7) is 6.53. The summed E-state index contributed by atoms with van der Waals surface area (Å²) in [5.74, 6) is -0.308. The second-order valence-electron chi connectivity index (χ2n) is 6.21. The lowest BCUT2D eigenvalue weighted by molar-refractivity contribution is -0.142. The van der Waals surface area contributed by atoms with E-state index in [1.165, 1.54) is 10.7 Å². The van der Waals surface area contributed by atoms with Gasteiger partial charge in [-0.05, 0) is 25.7 Å². The number of nitrogens with zero attached hydrogens (tertiary/aromatic N) is 1. The third-order valence-corrected chi connectivity index (χ3v) is 4.94. The van der Waals surface area contributed by atoms with Crippen molar-refractivity contribution < 1.29 is 9.90 Å². The minimum atomic E-state index is -0.637.